The molecule has 2 aromatic rings. The summed E-state index contributed by atoms with van der Waals surface area (Å²) in [6.07, 6.45) is 2.54. The van der Waals surface area contributed by atoms with Crippen molar-refractivity contribution in [1.82, 2.24) is 4.98 Å². The van der Waals surface area contributed by atoms with E-state index in [0.717, 1.165) is 34.8 Å². The molecule has 0 spiro atoms. The molecule has 0 saturated carbocycles. The van der Waals surface area contributed by atoms with Crippen LogP contribution in [-0.2, 0) is 6.42 Å². The molecule has 3 heteroatoms. The number of aromatic nitrogens is 1. The first-order chi connectivity index (χ1) is 8.50. The largest absolute Gasteiger partial charge is 0.466 e. The summed E-state index contributed by atoms with van der Waals surface area (Å²) >= 11 is 6.54. The third kappa shape index (κ3) is 2.44. The molecule has 2 aromatic heterocycles. The fourth-order valence-electron chi connectivity index (χ4n) is 2.27. The molecule has 0 amide bonds. The van der Waals surface area contributed by atoms with E-state index in [4.69, 9.17) is 16.0 Å². The van der Waals surface area contributed by atoms with Crippen LogP contribution in [0.4, 0.5) is 0 Å². The summed E-state index contributed by atoms with van der Waals surface area (Å²) in [5, 5.41) is -0.0870. The topological polar surface area (TPSA) is 26.0 Å². The van der Waals surface area contributed by atoms with Crippen LogP contribution in [-0.4, -0.2) is 4.98 Å². The molecule has 0 aliphatic rings. The van der Waals surface area contributed by atoms with Crippen LogP contribution in [0, 0.1) is 27.7 Å². The van der Waals surface area contributed by atoms with Crippen molar-refractivity contribution in [2.45, 2.75) is 39.5 Å². The summed E-state index contributed by atoms with van der Waals surface area (Å²) in [5.74, 6) is 1.87. The summed E-state index contributed by atoms with van der Waals surface area (Å²) < 4.78 is 5.63. The predicted octanol–water partition coefficient (Wildman–Crippen LogP) is 4.43. The van der Waals surface area contributed by atoms with Crippen LogP contribution >= 0.6 is 11.6 Å². The third-order valence-corrected chi connectivity index (χ3v) is 3.79. The van der Waals surface area contributed by atoms with Crippen LogP contribution in [0.15, 0.2) is 22.7 Å². The van der Waals surface area contributed by atoms with Gasteiger partial charge in [0.15, 0.2) is 0 Å². The Bertz CT molecular complexity index is 560. The number of hydrogen-bond acceptors (Lipinski definition) is 2. The van der Waals surface area contributed by atoms with Gasteiger partial charge < -0.3 is 4.42 Å². The number of hydrogen-bond donors (Lipinski definition) is 0. The quantitative estimate of drug-likeness (QED) is 0.766. The molecule has 0 bridgehead atoms. The zero-order valence-electron chi connectivity index (χ0n) is 11.2. The zero-order chi connectivity index (χ0) is 13.3. The second-order valence-electron chi connectivity index (χ2n) is 4.69. The van der Waals surface area contributed by atoms with Crippen molar-refractivity contribution in [2.24, 2.45) is 0 Å². The van der Waals surface area contributed by atoms with E-state index in [9.17, 15) is 0 Å². The summed E-state index contributed by atoms with van der Waals surface area (Å²) in [6.45, 7) is 8.06. The lowest BCUT2D eigenvalue weighted by molar-refractivity contribution is 0.499. The minimum Gasteiger partial charge on any atom is -0.466 e. The van der Waals surface area contributed by atoms with Crippen molar-refractivity contribution in [2.75, 3.05) is 0 Å². The van der Waals surface area contributed by atoms with Gasteiger partial charge in [0.2, 0.25) is 0 Å². The van der Waals surface area contributed by atoms with E-state index >= 15 is 0 Å². The molecule has 1 unspecified atom stereocenters. The Morgan fingerprint density at radius 3 is 2.50 bits per heavy atom. The van der Waals surface area contributed by atoms with Gasteiger partial charge in [0, 0.05) is 23.9 Å². The van der Waals surface area contributed by atoms with E-state index in [2.05, 4.69) is 24.9 Å². The van der Waals surface area contributed by atoms with Crippen molar-refractivity contribution < 1.29 is 4.42 Å². The Hall–Kier alpha value is -1.28. The average Bonchev–Trinajstić information content (AvgIpc) is 2.56. The van der Waals surface area contributed by atoms with Crippen LogP contribution in [0.1, 0.15) is 39.3 Å². The van der Waals surface area contributed by atoms with Gasteiger partial charge in [-0.2, -0.15) is 0 Å². The van der Waals surface area contributed by atoms with Crippen LogP contribution in [0.25, 0.3) is 0 Å². The predicted molar refractivity (Wildman–Crippen MR) is 74.2 cm³/mol. The van der Waals surface area contributed by atoms with Gasteiger partial charge in [0.1, 0.15) is 11.5 Å². The SMILES string of the molecule is Cc1cccnc1CC(Cl)c1c(C)oc(C)c1C. The van der Waals surface area contributed by atoms with E-state index in [1.807, 2.05) is 26.1 Å². The molecular formula is C15H18ClNO. The standard InChI is InChI=1S/C15H18ClNO/c1-9-6-5-7-17-14(9)8-13(16)15-10(2)11(3)18-12(15)4/h5-7,13H,8H2,1-4H3. The van der Waals surface area contributed by atoms with Gasteiger partial charge in [-0.15, -0.1) is 11.6 Å². The van der Waals surface area contributed by atoms with Gasteiger partial charge in [-0.3, -0.25) is 4.98 Å². The molecule has 18 heavy (non-hydrogen) atoms. The van der Waals surface area contributed by atoms with Crippen molar-refractivity contribution in [3.63, 3.8) is 0 Å². The normalized spacial score (nSPS) is 12.7. The molecule has 2 nitrogen and oxygen atoms in total. The Morgan fingerprint density at radius 2 is 1.94 bits per heavy atom. The molecule has 0 N–H and O–H groups in total. The van der Waals surface area contributed by atoms with Crippen LogP contribution in [0.2, 0.25) is 0 Å². The van der Waals surface area contributed by atoms with Crippen molar-refractivity contribution in [3.05, 3.63) is 52.2 Å². The van der Waals surface area contributed by atoms with E-state index in [0.29, 0.717) is 0 Å². The smallest absolute Gasteiger partial charge is 0.106 e. The maximum Gasteiger partial charge on any atom is 0.106 e. The highest BCUT2D eigenvalue weighted by molar-refractivity contribution is 6.21. The highest BCUT2D eigenvalue weighted by atomic mass is 35.5. The van der Waals surface area contributed by atoms with Gasteiger partial charge in [-0.25, -0.2) is 0 Å². The maximum atomic E-state index is 6.54. The number of aryl methyl sites for hydroxylation is 3. The summed E-state index contributed by atoms with van der Waals surface area (Å²) in [6, 6.07) is 4.01. The molecule has 2 heterocycles. The number of halogens is 1. The maximum absolute atomic E-state index is 6.54. The lowest BCUT2D eigenvalue weighted by atomic mass is 10.0. The molecule has 2 rings (SSSR count). The monoisotopic (exact) mass is 263 g/mol. The first-order valence-corrected chi connectivity index (χ1v) is 6.55. The van der Waals surface area contributed by atoms with E-state index in [-0.39, 0.29) is 5.38 Å². The second kappa shape index (κ2) is 5.15. The van der Waals surface area contributed by atoms with Gasteiger partial charge in [0.05, 0.1) is 5.38 Å². The van der Waals surface area contributed by atoms with Crippen molar-refractivity contribution >= 4 is 11.6 Å². The molecule has 0 saturated heterocycles. The van der Waals surface area contributed by atoms with Crippen LogP contribution in [0.3, 0.4) is 0 Å². The van der Waals surface area contributed by atoms with Crippen LogP contribution < -0.4 is 0 Å². The molecule has 0 aromatic carbocycles. The van der Waals surface area contributed by atoms with Gasteiger partial charge in [-0.1, -0.05) is 6.07 Å². The Labute approximate surface area is 113 Å². The molecule has 0 radical (unpaired) electrons. The summed E-state index contributed by atoms with van der Waals surface area (Å²) in [4.78, 5) is 4.39. The number of furan rings is 1. The molecule has 1 atom stereocenters. The second-order valence-corrected chi connectivity index (χ2v) is 5.22. The zero-order valence-corrected chi connectivity index (χ0v) is 12.0. The van der Waals surface area contributed by atoms with E-state index in [1.165, 1.54) is 5.56 Å². The minimum atomic E-state index is -0.0870. The van der Waals surface area contributed by atoms with Crippen molar-refractivity contribution in [1.29, 1.82) is 0 Å². The summed E-state index contributed by atoms with van der Waals surface area (Å²) in [5.41, 5.74) is 4.49. The lowest BCUT2D eigenvalue weighted by Crippen LogP contribution is -2.02. The van der Waals surface area contributed by atoms with E-state index in [1.54, 1.807) is 0 Å². The number of alkyl halides is 1. The molecule has 0 fully saturated rings. The average molecular weight is 264 g/mol. The van der Waals surface area contributed by atoms with Gasteiger partial charge in [0.25, 0.3) is 0 Å². The first kappa shape index (κ1) is 13.2. The fraction of sp³-hybridized carbons (Fsp3) is 0.400. The number of rotatable bonds is 3. The molecule has 0 aliphatic heterocycles. The molecule has 96 valence electrons. The van der Waals surface area contributed by atoms with Gasteiger partial charge >= 0.3 is 0 Å². The lowest BCUT2D eigenvalue weighted by Gasteiger charge is -2.11. The van der Waals surface area contributed by atoms with Gasteiger partial charge in [-0.05, 0) is 44.9 Å². The highest BCUT2D eigenvalue weighted by Gasteiger charge is 2.20. The Kier molecular flexibility index (Phi) is 3.76. The first-order valence-electron chi connectivity index (χ1n) is 6.11. The van der Waals surface area contributed by atoms with E-state index < -0.39 is 0 Å². The fourth-order valence-corrected chi connectivity index (χ4v) is 2.74. The highest BCUT2D eigenvalue weighted by Crippen LogP contribution is 2.33. The molecular weight excluding hydrogens is 246 g/mol. The minimum absolute atomic E-state index is 0.0870. The third-order valence-electron chi connectivity index (χ3n) is 3.42. The Balaban J connectivity index is 2.28. The summed E-state index contributed by atoms with van der Waals surface area (Å²) in [7, 11) is 0. The number of nitrogens with zero attached hydrogens (tertiary/aromatic N) is 1. The van der Waals surface area contributed by atoms with Crippen LogP contribution in [0.5, 0.6) is 0 Å². The Morgan fingerprint density at radius 1 is 1.22 bits per heavy atom. The van der Waals surface area contributed by atoms with Crippen molar-refractivity contribution in [3.8, 4) is 0 Å². The number of pyridine rings is 1. The molecule has 0 aliphatic carbocycles.